The number of phosphoric ester groups is 1. The Morgan fingerprint density at radius 1 is 0.508 bits per heavy atom. The van der Waals surface area contributed by atoms with Crippen LogP contribution in [-0.2, 0) is 32.7 Å². The van der Waals surface area contributed by atoms with Crippen molar-refractivity contribution in [2.75, 3.05) is 13.2 Å². The number of esters is 2. The first kappa shape index (κ1) is 57.3. The number of unbranched alkanes of at least 4 members (excludes halogenated alkanes) is 24. The van der Waals surface area contributed by atoms with Crippen LogP contribution in [0.1, 0.15) is 206 Å². The number of carbonyl (C=O) groups excluding carboxylic acids is 2. The Labute approximate surface area is 368 Å². The van der Waals surface area contributed by atoms with Crippen molar-refractivity contribution >= 4 is 19.8 Å². The van der Waals surface area contributed by atoms with Crippen LogP contribution in [-0.4, -0.2) is 98.3 Å². The highest BCUT2D eigenvalue weighted by molar-refractivity contribution is 7.47. The third-order valence-corrected chi connectivity index (χ3v) is 12.3. The van der Waals surface area contributed by atoms with Crippen LogP contribution in [0.5, 0.6) is 0 Å². The first-order valence-corrected chi connectivity index (χ1v) is 25.6. The number of rotatable bonds is 40. The second-order valence-electron chi connectivity index (χ2n) is 17.0. The Balaban J connectivity index is 2.42. The smallest absolute Gasteiger partial charge is 0.462 e. The van der Waals surface area contributed by atoms with Crippen molar-refractivity contribution in [1.29, 1.82) is 0 Å². The molecule has 6 unspecified atom stereocenters. The molecule has 13 nitrogen and oxygen atoms in total. The summed E-state index contributed by atoms with van der Waals surface area (Å²) in [6.45, 7) is 3.28. The summed E-state index contributed by atoms with van der Waals surface area (Å²) < 4.78 is 33.6. The van der Waals surface area contributed by atoms with Gasteiger partial charge in [-0.25, -0.2) is 4.57 Å². The Bertz CT molecular complexity index is 1170. The number of phosphoric acid groups is 1. The van der Waals surface area contributed by atoms with Gasteiger partial charge < -0.3 is 39.9 Å². The SMILES string of the molecule is CCCCC/C=C\C/C=C\CCCCCCCCCCCC(=O)OC(COC(=O)CCCCCCCCCCCCCCC)COP(=O)(O)OC1C(O)C(O)C(O)C(O)C1O. The largest absolute Gasteiger partial charge is 0.472 e. The van der Waals surface area contributed by atoms with E-state index in [2.05, 4.69) is 38.2 Å². The average Bonchev–Trinajstić information content (AvgIpc) is 3.24. The van der Waals surface area contributed by atoms with Crippen molar-refractivity contribution < 1.29 is 63.1 Å². The lowest BCUT2D eigenvalue weighted by molar-refractivity contribution is -0.220. The van der Waals surface area contributed by atoms with E-state index in [-0.39, 0.29) is 12.8 Å². The first-order chi connectivity index (χ1) is 29.4. The number of carbonyl (C=O) groups is 2. The summed E-state index contributed by atoms with van der Waals surface area (Å²) in [5, 5.41) is 50.2. The molecule has 0 bridgehead atoms. The average molecular weight is 891 g/mol. The number of ether oxygens (including phenoxy) is 2. The van der Waals surface area contributed by atoms with Crippen molar-refractivity contribution in [3.63, 3.8) is 0 Å². The maximum atomic E-state index is 12.8. The standard InChI is InChI=1S/C47H87O13P/c1-3-5-7-9-11-13-15-17-18-19-20-21-22-24-26-28-30-32-34-36-41(49)59-39(38-58-61(55,56)60-47-45(53)43(51)42(50)44(52)46(47)54)37-57-40(48)35-33-31-29-27-25-23-16-14-12-10-8-6-4-2/h11,13,17-18,39,42-47,50-54H,3-10,12,14-16,19-38H2,1-2H3,(H,55,56)/b13-11-,18-17-. The highest BCUT2D eigenvalue weighted by Gasteiger charge is 2.51. The molecule has 1 aliphatic rings. The highest BCUT2D eigenvalue weighted by atomic mass is 31.2. The minimum atomic E-state index is -5.12. The predicted molar refractivity (Wildman–Crippen MR) is 240 cm³/mol. The quantitative estimate of drug-likeness (QED) is 0.0147. The zero-order valence-corrected chi connectivity index (χ0v) is 38.9. The summed E-state index contributed by atoms with van der Waals surface area (Å²) in [4.78, 5) is 35.7. The van der Waals surface area contributed by atoms with Gasteiger partial charge in [-0.3, -0.25) is 18.6 Å². The molecule has 1 aliphatic carbocycles. The first-order valence-electron chi connectivity index (χ1n) is 24.1. The second-order valence-corrected chi connectivity index (χ2v) is 18.4. The van der Waals surface area contributed by atoms with Gasteiger partial charge in [0.15, 0.2) is 6.10 Å². The molecule has 358 valence electrons. The van der Waals surface area contributed by atoms with Gasteiger partial charge in [-0.15, -0.1) is 0 Å². The van der Waals surface area contributed by atoms with Gasteiger partial charge in [0.1, 0.15) is 43.2 Å². The molecule has 1 saturated carbocycles. The minimum absolute atomic E-state index is 0.0947. The Hall–Kier alpha value is -1.67. The molecule has 0 aromatic heterocycles. The lowest BCUT2D eigenvalue weighted by Gasteiger charge is -2.41. The van der Waals surface area contributed by atoms with Crippen LogP contribution < -0.4 is 0 Å². The van der Waals surface area contributed by atoms with Gasteiger partial charge in [0.25, 0.3) is 0 Å². The van der Waals surface area contributed by atoms with E-state index in [1.807, 2.05) is 0 Å². The molecule has 1 rings (SSSR count). The molecule has 0 spiro atoms. The molecule has 61 heavy (non-hydrogen) atoms. The minimum Gasteiger partial charge on any atom is -0.462 e. The fourth-order valence-corrected chi connectivity index (χ4v) is 8.35. The van der Waals surface area contributed by atoms with Crippen molar-refractivity contribution in [2.45, 2.75) is 249 Å². The molecule has 0 aromatic rings. The number of hydrogen-bond acceptors (Lipinski definition) is 12. The molecule has 6 atom stereocenters. The van der Waals surface area contributed by atoms with Gasteiger partial charge in [-0.2, -0.15) is 0 Å². The molecule has 0 aliphatic heterocycles. The van der Waals surface area contributed by atoms with E-state index in [4.69, 9.17) is 18.5 Å². The van der Waals surface area contributed by atoms with Crippen molar-refractivity contribution in [3.8, 4) is 0 Å². The third-order valence-electron chi connectivity index (χ3n) is 11.3. The van der Waals surface area contributed by atoms with Gasteiger partial charge in [-0.05, 0) is 44.9 Å². The fourth-order valence-electron chi connectivity index (χ4n) is 7.38. The molecule has 0 heterocycles. The zero-order chi connectivity index (χ0) is 45.0. The van der Waals surface area contributed by atoms with Gasteiger partial charge >= 0.3 is 19.8 Å². The molecule has 1 fully saturated rings. The Morgan fingerprint density at radius 3 is 1.36 bits per heavy atom. The molecular weight excluding hydrogens is 803 g/mol. The normalized spacial score (nSPS) is 22.2. The molecule has 0 radical (unpaired) electrons. The van der Waals surface area contributed by atoms with Gasteiger partial charge in [0, 0.05) is 12.8 Å². The molecule has 0 amide bonds. The van der Waals surface area contributed by atoms with Gasteiger partial charge in [-0.1, -0.05) is 173 Å². The van der Waals surface area contributed by atoms with Gasteiger partial charge in [0.2, 0.25) is 0 Å². The zero-order valence-electron chi connectivity index (χ0n) is 38.0. The van der Waals surface area contributed by atoms with Crippen LogP contribution in [0.3, 0.4) is 0 Å². The van der Waals surface area contributed by atoms with Crippen LogP contribution >= 0.6 is 7.82 Å². The van der Waals surface area contributed by atoms with Crippen LogP contribution in [0.2, 0.25) is 0 Å². The number of allylic oxidation sites excluding steroid dienone is 4. The molecule has 0 saturated heterocycles. The van der Waals surface area contributed by atoms with E-state index in [1.165, 1.54) is 109 Å². The van der Waals surface area contributed by atoms with Crippen LogP contribution in [0, 0.1) is 0 Å². The maximum absolute atomic E-state index is 12.8. The summed E-state index contributed by atoms with van der Waals surface area (Å²) in [5.41, 5.74) is 0. The molecule has 0 aromatic carbocycles. The van der Waals surface area contributed by atoms with E-state index in [9.17, 15) is 44.6 Å². The van der Waals surface area contributed by atoms with E-state index >= 15 is 0 Å². The topological polar surface area (TPSA) is 210 Å². The summed E-state index contributed by atoms with van der Waals surface area (Å²) in [6, 6.07) is 0. The van der Waals surface area contributed by atoms with E-state index < -0.39 is 75.7 Å². The molecular formula is C47H87O13P. The van der Waals surface area contributed by atoms with E-state index in [0.717, 1.165) is 57.8 Å². The maximum Gasteiger partial charge on any atom is 0.472 e. The Morgan fingerprint density at radius 2 is 0.885 bits per heavy atom. The summed E-state index contributed by atoms with van der Waals surface area (Å²) in [7, 11) is -5.12. The van der Waals surface area contributed by atoms with Crippen LogP contribution in [0.4, 0.5) is 0 Å². The third kappa shape index (κ3) is 30.2. The summed E-state index contributed by atoms with van der Waals surface area (Å²) in [6.07, 6.45) is 28.0. The molecule has 6 N–H and O–H groups in total. The lowest BCUT2D eigenvalue weighted by Crippen LogP contribution is -2.64. The number of hydrogen-bond donors (Lipinski definition) is 6. The van der Waals surface area contributed by atoms with Crippen molar-refractivity contribution in [1.82, 2.24) is 0 Å². The monoisotopic (exact) mass is 891 g/mol. The van der Waals surface area contributed by atoms with E-state index in [0.29, 0.717) is 12.8 Å². The molecule has 14 heteroatoms. The number of aliphatic hydroxyl groups excluding tert-OH is 5. The van der Waals surface area contributed by atoms with Crippen LogP contribution in [0.15, 0.2) is 24.3 Å². The second kappa shape index (κ2) is 37.7. The fraction of sp³-hybridized carbons (Fsp3) is 0.872. The highest BCUT2D eigenvalue weighted by Crippen LogP contribution is 2.47. The van der Waals surface area contributed by atoms with Crippen LogP contribution in [0.25, 0.3) is 0 Å². The van der Waals surface area contributed by atoms with Crippen molar-refractivity contribution in [3.05, 3.63) is 24.3 Å². The Kier molecular flexibility index (Phi) is 35.4. The van der Waals surface area contributed by atoms with Gasteiger partial charge in [0.05, 0.1) is 6.61 Å². The summed E-state index contributed by atoms with van der Waals surface area (Å²) in [5.74, 6) is -1.10. The number of aliphatic hydroxyl groups is 5. The lowest BCUT2D eigenvalue weighted by atomic mass is 9.85. The van der Waals surface area contributed by atoms with Crippen molar-refractivity contribution in [2.24, 2.45) is 0 Å². The van der Waals surface area contributed by atoms with E-state index in [1.54, 1.807) is 0 Å². The predicted octanol–water partition coefficient (Wildman–Crippen LogP) is 9.62. The summed E-state index contributed by atoms with van der Waals surface area (Å²) >= 11 is 0.